The van der Waals surface area contributed by atoms with Crippen LogP contribution in [-0.2, 0) is 14.3 Å². The first-order valence-corrected chi connectivity index (χ1v) is 12.2. The molecule has 2 aromatic carbocycles. The second kappa shape index (κ2) is 11.2. The molecule has 0 saturated carbocycles. The van der Waals surface area contributed by atoms with Crippen molar-refractivity contribution in [3.63, 3.8) is 0 Å². The topological polar surface area (TPSA) is 95.9 Å². The summed E-state index contributed by atoms with van der Waals surface area (Å²) in [6.45, 7) is 1.18. The van der Waals surface area contributed by atoms with E-state index in [9.17, 15) is 19.5 Å². The Kier molecular flexibility index (Phi) is 7.83. The third-order valence-electron chi connectivity index (χ3n) is 6.79. The van der Waals surface area contributed by atoms with E-state index in [0.29, 0.717) is 32.4 Å². The van der Waals surface area contributed by atoms with Crippen molar-refractivity contribution in [2.75, 3.05) is 19.7 Å². The molecule has 2 aromatic rings. The van der Waals surface area contributed by atoms with Gasteiger partial charge >= 0.3 is 12.1 Å². The number of fused-ring (bicyclic) bond motifs is 3. The van der Waals surface area contributed by atoms with Gasteiger partial charge in [0.05, 0.1) is 0 Å². The standard InChI is InChI=1S/C27H32N2O5/c30-25(29-17-9-1-2-14-24(29)26(31)32)15-7-8-16-28-27(33)34-18-23-21-12-5-3-10-19(21)20-11-4-6-13-22(20)23/h3-6,10-13,23-24H,1-2,7-9,14-18H2,(H,28,33)(H,31,32). The number of hydrogen-bond donors (Lipinski definition) is 2. The summed E-state index contributed by atoms with van der Waals surface area (Å²) in [6.07, 6.45) is 4.20. The summed E-state index contributed by atoms with van der Waals surface area (Å²) in [7, 11) is 0. The Labute approximate surface area is 200 Å². The zero-order chi connectivity index (χ0) is 23.9. The first-order valence-electron chi connectivity index (χ1n) is 12.2. The number of alkyl carbamates (subject to hydrolysis) is 1. The Morgan fingerprint density at radius 2 is 1.62 bits per heavy atom. The molecule has 1 atom stereocenters. The molecule has 1 aliphatic heterocycles. The second-order valence-corrected chi connectivity index (χ2v) is 9.00. The van der Waals surface area contributed by atoms with E-state index in [4.69, 9.17) is 4.74 Å². The maximum Gasteiger partial charge on any atom is 0.407 e. The number of nitrogens with zero attached hydrogens (tertiary/aromatic N) is 1. The Morgan fingerprint density at radius 1 is 0.941 bits per heavy atom. The predicted molar refractivity (Wildman–Crippen MR) is 129 cm³/mol. The fourth-order valence-corrected chi connectivity index (χ4v) is 5.05. The van der Waals surface area contributed by atoms with Gasteiger partial charge in [0.1, 0.15) is 12.6 Å². The number of aliphatic carboxylic acids is 1. The third-order valence-corrected chi connectivity index (χ3v) is 6.79. The highest BCUT2D eigenvalue weighted by molar-refractivity contribution is 5.83. The van der Waals surface area contributed by atoms with E-state index in [1.54, 1.807) is 0 Å². The largest absolute Gasteiger partial charge is 0.480 e. The normalized spacial score (nSPS) is 17.4. The van der Waals surface area contributed by atoms with Crippen LogP contribution in [0.25, 0.3) is 11.1 Å². The average molecular weight is 465 g/mol. The molecule has 2 amide bonds. The van der Waals surface area contributed by atoms with Crippen LogP contribution >= 0.6 is 0 Å². The van der Waals surface area contributed by atoms with Crippen LogP contribution in [-0.4, -0.2) is 53.7 Å². The lowest BCUT2D eigenvalue weighted by atomic mass is 9.98. The summed E-state index contributed by atoms with van der Waals surface area (Å²) in [5.41, 5.74) is 4.71. The molecule has 34 heavy (non-hydrogen) atoms. The lowest BCUT2D eigenvalue weighted by Gasteiger charge is -2.27. The van der Waals surface area contributed by atoms with Crippen molar-refractivity contribution in [1.29, 1.82) is 0 Å². The predicted octanol–water partition coefficient (Wildman–Crippen LogP) is 4.55. The summed E-state index contributed by atoms with van der Waals surface area (Å²) in [4.78, 5) is 37.8. The highest BCUT2D eigenvalue weighted by Gasteiger charge is 2.30. The van der Waals surface area contributed by atoms with Gasteiger partial charge in [0, 0.05) is 25.4 Å². The minimum Gasteiger partial charge on any atom is -0.480 e. The van der Waals surface area contributed by atoms with Crippen molar-refractivity contribution in [1.82, 2.24) is 10.2 Å². The van der Waals surface area contributed by atoms with E-state index in [0.717, 1.165) is 19.3 Å². The van der Waals surface area contributed by atoms with E-state index in [-0.39, 0.29) is 24.9 Å². The summed E-state index contributed by atoms with van der Waals surface area (Å²) < 4.78 is 5.53. The number of ether oxygens (including phenoxy) is 1. The summed E-state index contributed by atoms with van der Waals surface area (Å²) in [6, 6.07) is 15.7. The molecule has 2 aliphatic rings. The van der Waals surface area contributed by atoms with E-state index in [1.807, 2.05) is 24.3 Å². The van der Waals surface area contributed by atoms with Crippen LogP contribution in [0.2, 0.25) is 0 Å². The summed E-state index contributed by atoms with van der Waals surface area (Å²) in [5, 5.41) is 12.2. The molecule has 1 saturated heterocycles. The minimum atomic E-state index is -0.924. The van der Waals surface area contributed by atoms with Crippen LogP contribution in [0.15, 0.2) is 48.5 Å². The van der Waals surface area contributed by atoms with Crippen molar-refractivity contribution >= 4 is 18.0 Å². The van der Waals surface area contributed by atoms with E-state index < -0.39 is 18.1 Å². The molecule has 0 radical (unpaired) electrons. The molecule has 1 unspecified atom stereocenters. The van der Waals surface area contributed by atoms with Gasteiger partial charge in [-0.25, -0.2) is 9.59 Å². The molecule has 0 bridgehead atoms. The number of likely N-dealkylation sites (tertiary alicyclic amines) is 1. The van der Waals surface area contributed by atoms with E-state index in [1.165, 1.54) is 27.2 Å². The van der Waals surface area contributed by atoms with E-state index in [2.05, 4.69) is 29.6 Å². The number of carboxylic acids is 1. The lowest BCUT2D eigenvalue weighted by Crippen LogP contribution is -2.44. The van der Waals surface area contributed by atoms with Gasteiger partial charge in [-0.05, 0) is 47.9 Å². The Morgan fingerprint density at radius 3 is 2.29 bits per heavy atom. The molecule has 0 aromatic heterocycles. The number of amides is 2. The zero-order valence-corrected chi connectivity index (χ0v) is 19.4. The number of carboxylic acid groups (broad SMARTS) is 1. The van der Waals surface area contributed by atoms with Crippen molar-refractivity contribution in [3.8, 4) is 11.1 Å². The smallest absolute Gasteiger partial charge is 0.407 e. The number of nitrogens with one attached hydrogen (secondary N) is 1. The molecule has 7 nitrogen and oxygen atoms in total. The Bertz CT molecular complexity index is 992. The van der Waals surface area contributed by atoms with Crippen LogP contribution in [0.3, 0.4) is 0 Å². The molecule has 180 valence electrons. The van der Waals surface area contributed by atoms with Crippen molar-refractivity contribution < 1.29 is 24.2 Å². The second-order valence-electron chi connectivity index (χ2n) is 9.00. The number of hydrogen-bond acceptors (Lipinski definition) is 4. The van der Waals surface area contributed by atoms with Gasteiger partial charge in [0.15, 0.2) is 0 Å². The molecule has 1 aliphatic carbocycles. The van der Waals surface area contributed by atoms with Crippen LogP contribution < -0.4 is 5.32 Å². The Hall–Kier alpha value is -3.35. The van der Waals surface area contributed by atoms with Crippen LogP contribution in [0.1, 0.15) is 62.0 Å². The number of unbranched alkanes of at least 4 members (excludes halogenated alkanes) is 1. The quantitative estimate of drug-likeness (QED) is 0.559. The Balaban J connectivity index is 1.19. The first-order chi connectivity index (χ1) is 16.6. The summed E-state index contributed by atoms with van der Waals surface area (Å²) in [5.74, 6) is -1.02. The minimum absolute atomic E-state index is 0.0200. The maximum absolute atomic E-state index is 12.6. The molecular weight excluding hydrogens is 432 g/mol. The monoisotopic (exact) mass is 464 g/mol. The van der Waals surface area contributed by atoms with Crippen molar-refractivity contribution in [2.45, 2.75) is 56.9 Å². The number of rotatable bonds is 8. The van der Waals surface area contributed by atoms with E-state index >= 15 is 0 Å². The third kappa shape index (κ3) is 5.41. The van der Waals surface area contributed by atoms with Crippen molar-refractivity contribution in [3.05, 3.63) is 59.7 Å². The van der Waals surface area contributed by atoms with Crippen LogP contribution in [0, 0.1) is 0 Å². The zero-order valence-electron chi connectivity index (χ0n) is 19.4. The summed E-state index contributed by atoms with van der Waals surface area (Å²) >= 11 is 0. The highest BCUT2D eigenvalue weighted by atomic mass is 16.5. The van der Waals surface area contributed by atoms with Gasteiger partial charge in [-0.2, -0.15) is 0 Å². The van der Waals surface area contributed by atoms with Gasteiger partial charge < -0.3 is 20.1 Å². The number of benzene rings is 2. The van der Waals surface area contributed by atoms with Crippen molar-refractivity contribution in [2.24, 2.45) is 0 Å². The average Bonchev–Trinajstić information content (AvgIpc) is 2.97. The first kappa shape index (κ1) is 23.8. The molecule has 2 N–H and O–H groups in total. The molecule has 7 heteroatoms. The molecule has 1 heterocycles. The van der Waals surface area contributed by atoms with Gasteiger partial charge in [-0.15, -0.1) is 0 Å². The fraction of sp³-hybridized carbons (Fsp3) is 0.444. The SMILES string of the molecule is O=C(NCCCCC(=O)N1CCCCCC1C(=O)O)OCC1c2ccccc2-c2ccccc21. The molecule has 4 rings (SSSR count). The van der Waals surface area contributed by atoms with Gasteiger partial charge in [0.2, 0.25) is 5.91 Å². The number of carbonyl (C=O) groups is 3. The highest BCUT2D eigenvalue weighted by Crippen LogP contribution is 2.44. The van der Waals surface area contributed by atoms with Crippen LogP contribution in [0.4, 0.5) is 4.79 Å². The van der Waals surface area contributed by atoms with Gasteiger partial charge in [-0.3, -0.25) is 4.79 Å². The number of carbonyl (C=O) groups excluding carboxylic acids is 2. The van der Waals surface area contributed by atoms with Gasteiger partial charge in [-0.1, -0.05) is 61.4 Å². The van der Waals surface area contributed by atoms with Gasteiger partial charge in [0.25, 0.3) is 0 Å². The maximum atomic E-state index is 12.6. The molecule has 1 fully saturated rings. The lowest BCUT2D eigenvalue weighted by molar-refractivity contribution is -0.150. The van der Waals surface area contributed by atoms with Crippen LogP contribution in [0.5, 0.6) is 0 Å². The molecule has 0 spiro atoms. The molecular formula is C27H32N2O5. The fourth-order valence-electron chi connectivity index (χ4n) is 5.05.